The van der Waals surface area contributed by atoms with Crippen molar-refractivity contribution in [3.63, 3.8) is 0 Å². The fourth-order valence-corrected chi connectivity index (χ4v) is 4.81. The summed E-state index contributed by atoms with van der Waals surface area (Å²) in [5.74, 6) is 0.271. The summed E-state index contributed by atoms with van der Waals surface area (Å²) in [4.78, 5) is 30.7. The molecule has 0 spiro atoms. The van der Waals surface area contributed by atoms with Gasteiger partial charge in [0.2, 0.25) is 11.8 Å². The molecule has 1 aromatic carbocycles. The van der Waals surface area contributed by atoms with E-state index < -0.39 is 6.04 Å². The standard InChI is InChI=1S/C19H20ClN3O2S/c1-13(24)23-17(12-26-19(23)15-7-2-3-8-16(15)20)18(25)22-11-9-14-6-4-5-10-21-14/h2-8,10,17,19H,9,11-12H2,1H3,(H,22,25). The molecule has 1 aromatic heterocycles. The molecule has 0 radical (unpaired) electrons. The van der Waals surface area contributed by atoms with E-state index in [0.29, 0.717) is 23.7 Å². The summed E-state index contributed by atoms with van der Waals surface area (Å²) >= 11 is 7.85. The van der Waals surface area contributed by atoms with Crippen LogP contribution in [-0.4, -0.2) is 40.0 Å². The van der Waals surface area contributed by atoms with Gasteiger partial charge in [0, 0.05) is 48.1 Å². The third-order valence-corrected chi connectivity index (χ3v) is 5.89. The first-order valence-electron chi connectivity index (χ1n) is 8.40. The van der Waals surface area contributed by atoms with Gasteiger partial charge in [-0.05, 0) is 18.2 Å². The van der Waals surface area contributed by atoms with Gasteiger partial charge < -0.3 is 10.2 Å². The molecule has 1 fully saturated rings. The van der Waals surface area contributed by atoms with Crippen LogP contribution >= 0.6 is 23.4 Å². The Hall–Kier alpha value is -2.05. The van der Waals surface area contributed by atoms with Crippen LogP contribution in [0.15, 0.2) is 48.7 Å². The molecule has 0 aliphatic carbocycles. The molecule has 1 aliphatic heterocycles. The predicted octanol–water partition coefficient (Wildman–Crippen LogP) is 3.06. The predicted molar refractivity (Wildman–Crippen MR) is 104 cm³/mol. The molecule has 0 saturated carbocycles. The topological polar surface area (TPSA) is 62.3 Å². The molecular weight excluding hydrogens is 370 g/mol. The molecule has 1 aliphatic rings. The number of pyridine rings is 1. The molecule has 1 saturated heterocycles. The molecule has 1 N–H and O–H groups in total. The lowest BCUT2D eigenvalue weighted by molar-refractivity contribution is -0.138. The zero-order valence-corrected chi connectivity index (χ0v) is 16.0. The van der Waals surface area contributed by atoms with Gasteiger partial charge in [-0.3, -0.25) is 14.6 Å². The third kappa shape index (κ3) is 4.19. The number of hydrogen-bond donors (Lipinski definition) is 1. The van der Waals surface area contributed by atoms with Crippen LogP contribution in [-0.2, 0) is 16.0 Å². The van der Waals surface area contributed by atoms with Crippen LogP contribution in [0.5, 0.6) is 0 Å². The monoisotopic (exact) mass is 389 g/mol. The molecule has 2 aromatic rings. The molecule has 136 valence electrons. The van der Waals surface area contributed by atoms with E-state index in [0.717, 1.165) is 11.3 Å². The number of carbonyl (C=O) groups is 2. The summed E-state index contributed by atoms with van der Waals surface area (Å²) in [6.07, 6.45) is 2.39. The largest absolute Gasteiger partial charge is 0.354 e. The molecule has 2 heterocycles. The van der Waals surface area contributed by atoms with Gasteiger partial charge in [-0.15, -0.1) is 11.8 Å². The zero-order chi connectivity index (χ0) is 18.5. The van der Waals surface area contributed by atoms with Crippen molar-refractivity contribution >= 4 is 35.2 Å². The van der Waals surface area contributed by atoms with Crippen LogP contribution < -0.4 is 5.32 Å². The van der Waals surface area contributed by atoms with Gasteiger partial charge in [-0.25, -0.2) is 0 Å². The van der Waals surface area contributed by atoms with Gasteiger partial charge in [0.1, 0.15) is 11.4 Å². The van der Waals surface area contributed by atoms with E-state index in [4.69, 9.17) is 11.6 Å². The van der Waals surface area contributed by atoms with Crippen molar-refractivity contribution < 1.29 is 9.59 Å². The first kappa shape index (κ1) is 18.7. The molecule has 2 unspecified atom stereocenters. The Balaban J connectivity index is 1.66. The maximum Gasteiger partial charge on any atom is 0.243 e. The molecule has 5 nitrogen and oxygen atoms in total. The molecular formula is C19H20ClN3O2S. The van der Waals surface area contributed by atoms with Crippen LogP contribution in [0, 0.1) is 0 Å². The van der Waals surface area contributed by atoms with Crippen molar-refractivity contribution in [3.05, 3.63) is 64.9 Å². The van der Waals surface area contributed by atoms with E-state index in [1.165, 1.54) is 6.92 Å². The number of hydrogen-bond acceptors (Lipinski definition) is 4. The Bertz CT molecular complexity index is 787. The minimum absolute atomic E-state index is 0.134. The highest BCUT2D eigenvalue weighted by atomic mass is 35.5. The van der Waals surface area contributed by atoms with Crippen molar-refractivity contribution in [2.75, 3.05) is 12.3 Å². The third-order valence-electron chi connectivity index (χ3n) is 4.24. The molecule has 0 bridgehead atoms. The SMILES string of the molecule is CC(=O)N1C(C(=O)NCCc2ccccn2)CSC1c1ccccc1Cl. The minimum atomic E-state index is -0.498. The van der Waals surface area contributed by atoms with Crippen molar-refractivity contribution in [2.24, 2.45) is 0 Å². The van der Waals surface area contributed by atoms with E-state index in [1.807, 2.05) is 36.4 Å². The number of nitrogens with one attached hydrogen (secondary N) is 1. The molecule has 26 heavy (non-hydrogen) atoms. The smallest absolute Gasteiger partial charge is 0.243 e. The maximum atomic E-state index is 12.6. The van der Waals surface area contributed by atoms with E-state index >= 15 is 0 Å². The number of amides is 2. The maximum absolute atomic E-state index is 12.6. The average Bonchev–Trinajstić information content (AvgIpc) is 3.08. The lowest BCUT2D eigenvalue weighted by atomic mass is 10.1. The number of aromatic nitrogens is 1. The highest BCUT2D eigenvalue weighted by Crippen LogP contribution is 2.43. The van der Waals surface area contributed by atoms with Gasteiger partial charge >= 0.3 is 0 Å². The second-order valence-electron chi connectivity index (χ2n) is 6.01. The van der Waals surface area contributed by atoms with Gasteiger partial charge in [0.05, 0.1) is 0 Å². The lowest BCUT2D eigenvalue weighted by Crippen LogP contribution is -2.47. The summed E-state index contributed by atoms with van der Waals surface area (Å²) < 4.78 is 0. The first-order valence-corrected chi connectivity index (χ1v) is 9.83. The second-order valence-corrected chi connectivity index (χ2v) is 7.53. The molecule has 3 rings (SSSR count). The zero-order valence-electron chi connectivity index (χ0n) is 14.4. The van der Waals surface area contributed by atoms with Gasteiger partial charge in [-0.1, -0.05) is 35.9 Å². The van der Waals surface area contributed by atoms with E-state index in [1.54, 1.807) is 28.9 Å². The Kier molecular flexibility index (Phi) is 6.16. The number of nitrogens with zero attached hydrogens (tertiary/aromatic N) is 2. The summed E-state index contributed by atoms with van der Waals surface area (Å²) in [7, 11) is 0. The van der Waals surface area contributed by atoms with Crippen LogP contribution in [0.3, 0.4) is 0 Å². The Labute approximate surface area is 162 Å². The molecule has 2 amide bonds. The first-order chi connectivity index (χ1) is 12.6. The van der Waals surface area contributed by atoms with E-state index in [9.17, 15) is 9.59 Å². The van der Waals surface area contributed by atoms with Crippen molar-refractivity contribution in [3.8, 4) is 0 Å². The van der Waals surface area contributed by atoms with Crippen LogP contribution in [0.2, 0.25) is 5.02 Å². The highest BCUT2D eigenvalue weighted by Gasteiger charge is 2.41. The summed E-state index contributed by atoms with van der Waals surface area (Å²) in [6.45, 7) is 1.98. The van der Waals surface area contributed by atoms with Crippen molar-refractivity contribution in [1.82, 2.24) is 15.2 Å². The number of benzene rings is 1. The Morgan fingerprint density at radius 1 is 1.27 bits per heavy atom. The Morgan fingerprint density at radius 3 is 2.73 bits per heavy atom. The summed E-state index contributed by atoms with van der Waals surface area (Å²) in [5, 5.41) is 3.29. The number of rotatable bonds is 5. The van der Waals surface area contributed by atoms with Gasteiger partial charge in [-0.2, -0.15) is 0 Å². The number of thioether (sulfide) groups is 1. The number of halogens is 1. The average molecular weight is 390 g/mol. The fourth-order valence-electron chi connectivity index (χ4n) is 2.99. The van der Waals surface area contributed by atoms with Gasteiger partial charge in [0.15, 0.2) is 0 Å². The van der Waals surface area contributed by atoms with Crippen LogP contribution in [0.25, 0.3) is 0 Å². The normalized spacial score (nSPS) is 19.4. The quantitative estimate of drug-likeness (QED) is 0.853. The summed E-state index contributed by atoms with van der Waals surface area (Å²) in [6, 6.07) is 12.6. The van der Waals surface area contributed by atoms with E-state index in [-0.39, 0.29) is 17.2 Å². The number of carbonyl (C=O) groups excluding carboxylic acids is 2. The second kappa shape index (κ2) is 8.56. The van der Waals surface area contributed by atoms with Gasteiger partial charge in [0.25, 0.3) is 0 Å². The Morgan fingerprint density at radius 2 is 2.04 bits per heavy atom. The van der Waals surface area contributed by atoms with E-state index in [2.05, 4.69) is 10.3 Å². The lowest BCUT2D eigenvalue weighted by Gasteiger charge is -2.28. The van der Waals surface area contributed by atoms with Crippen LogP contribution in [0.1, 0.15) is 23.6 Å². The molecule has 2 atom stereocenters. The highest BCUT2D eigenvalue weighted by molar-refractivity contribution is 7.99. The van der Waals surface area contributed by atoms with Crippen LogP contribution in [0.4, 0.5) is 0 Å². The fraction of sp³-hybridized carbons (Fsp3) is 0.316. The van der Waals surface area contributed by atoms with Crippen molar-refractivity contribution in [1.29, 1.82) is 0 Å². The molecule has 7 heteroatoms. The summed E-state index contributed by atoms with van der Waals surface area (Å²) in [5.41, 5.74) is 1.78. The van der Waals surface area contributed by atoms with Crippen molar-refractivity contribution in [2.45, 2.75) is 24.8 Å². The minimum Gasteiger partial charge on any atom is -0.354 e.